The summed E-state index contributed by atoms with van der Waals surface area (Å²) in [5, 5.41) is 8.73. The third-order valence-electron chi connectivity index (χ3n) is 3.19. The maximum atomic E-state index is 11.4. The fraction of sp³-hybridized carbons (Fsp3) is 0.200. The van der Waals surface area contributed by atoms with E-state index in [0.29, 0.717) is 11.6 Å². The van der Waals surface area contributed by atoms with Crippen molar-refractivity contribution in [2.45, 2.75) is 20.4 Å². The number of halogens is 1. The number of aryl methyl sites for hydroxylation is 2. The molecule has 5 heteroatoms. The zero-order valence-electron chi connectivity index (χ0n) is 11.4. The molecule has 0 atom stereocenters. The maximum absolute atomic E-state index is 11.4. The van der Waals surface area contributed by atoms with E-state index in [-0.39, 0.29) is 11.1 Å². The van der Waals surface area contributed by atoms with E-state index in [1.807, 2.05) is 38.2 Å². The highest BCUT2D eigenvalue weighted by Gasteiger charge is 2.09. The zero-order valence-corrected chi connectivity index (χ0v) is 12.2. The Balaban J connectivity index is 2.51. The highest BCUT2D eigenvalue weighted by atomic mass is 35.5. The van der Waals surface area contributed by atoms with Gasteiger partial charge >= 0.3 is 0 Å². The van der Waals surface area contributed by atoms with Gasteiger partial charge in [-0.1, -0.05) is 17.7 Å². The van der Waals surface area contributed by atoms with Crippen molar-refractivity contribution in [2.75, 3.05) is 0 Å². The number of benzene rings is 1. The van der Waals surface area contributed by atoms with Gasteiger partial charge in [0.25, 0.3) is 5.91 Å². The Bertz CT molecular complexity index is 734. The van der Waals surface area contributed by atoms with Crippen LogP contribution < -0.4 is 11.2 Å². The van der Waals surface area contributed by atoms with Crippen molar-refractivity contribution in [1.29, 1.82) is 5.41 Å². The predicted octanol–water partition coefficient (Wildman–Crippen LogP) is 2.39. The molecule has 0 unspecified atom stereocenters. The van der Waals surface area contributed by atoms with Gasteiger partial charge in [-0.2, -0.15) is 0 Å². The number of pyridine rings is 1. The van der Waals surface area contributed by atoms with E-state index in [0.717, 1.165) is 16.7 Å². The molecule has 0 saturated heterocycles. The second-order valence-corrected chi connectivity index (χ2v) is 5.28. The molecule has 0 bridgehead atoms. The van der Waals surface area contributed by atoms with Crippen molar-refractivity contribution >= 4 is 17.5 Å². The Morgan fingerprint density at radius 2 is 2.05 bits per heavy atom. The van der Waals surface area contributed by atoms with Crippen molar-refractivity contribution in [3.05, 3.63) is 63.2 Å². The topological polar surface area (TPSA) is 71.9 Å². The van der Waals surface area contributed by atoms with Gasteiger partial charge < -0.3 is 10.3 Å². The Morgan fingerprint density at radius 3 is 2.70 bits per heavy atom. The summed E-state index contributed by atoms with van der Waals surface area (Å²) in [7, 11) is 0. The number of nitrogens with one attached hydrogen (secondary N) is 1. The third kappa shape index (κ3) is 2.91. The van der Waals surface area contributed by atoms with Gasteiger partial charge in [0.2, 0.25) is 0 Å². The standard InChI is InChI=1S/C15H16ClN3O/c1-9-5-13(15(18)20)14(17)19(7-9)8-11-6-12(16)4-3-10(11)2/h3-7,17H,8H2,1-2H3,(H2,18,20). The molecule has 1 aromatic carbocycles. The lowest BCUT2D eigenvalue weighted by molar-refractivity contribution is 0.0997. The van der Waals surface area contributed by atoms with Gasteiger partial charge in [0.05, 0.1) is 5.56 Å². The van der Waals surface area contributed by atoms with Crippen LogP contribution in [-0.4, -0.2) is 10.5 Å². The van der Waals surface area contributed by atoms with Crippen molar-refractivity contribution in [3.63, 3.8) is 0 Å². The summed E-state index contributed by atoms with van der Waals surface area (Å²) >= 11 is 6.01. The minimum absolute atomic E-state index is 0.113. The van der Waals surface area contributed by atoms with Gasteiger partial charge in [0, 0.05) is 17.8 Å². The van der Waals surface area contributed by atoms with Gasteiger partial charge in [-0.3, -0.25) is 10.2 Å². The summed E-state index contributed by atoms with van der Waals surface area (Å²) in [6.07, 6.45) is 1.83. The van der Waals surface area contributed by atoms with Gasteiger partial charge in [0.1, 0.15) is 5.49 Å². The third-order valence-corrected chi connectivity index (χ3v) is 3.43. The molecule has 1 aromatic heterocycles. The van der Waals surface area contributed by atoms with E-state index >= 15 is 0 Å². The molecule has 2 aromatic rings. The first-order chi connectivity index (χ1) is 9.38. The van der Waals surface area contributed by atoms with Crippen LogP contribution in [0.5, 0.6) is 0 Å². The summed E-state index contributed by atoms with van der Waals surface area (Å²) in [6, 6.07) is 7.27. The minimum Gasteiger partial charge on any atom is -0.365 e. The van der Waals surface area contributed by atoms with Crippen LogP contribution in [0.15, 0.2) is 30.5 Å². The van der Waals surface area contributed by atoms with Crippen molar-refractivity contribution in [2.24, 2.45) is 5.73 Å². The molecule has 3 N–H and O–H groups in total. The molecule has 0 fully saturated rings. The van der Waals surface area contributed by atoms with E-state index in [2.05, 4.69) is 0 Å². The zero-order chi connectivity index (χ0) is 14.9. The molecule has 0 radical (unpaired) electrons. The number of aromatic nitrogens is 1. The van der Waals surface area contributed by atoms with Gasteiger partial charge in [-0.05, 0) is 48.7 Å². The van der Waals surface area contributed by atoms with Gasteiger partial charge in [0.15, 0.2) is 0 Å². The van der Waals surface area contributed by atoms with Crippen LogP contribution in [0, 0.1) is 19.3 Å². The van der Waals surface area contributed by atoms with Gasteiger partial charge in [-0.15, -0.1) is 0 Å². The fourth-order valence-corrected chi connectivity index (χ4v) is 2.30. The molecular weight excluding hydrogens is 274 g/mol. The maximum Gasteiger partial charge on any atom is 0.252 e. The molecule has 104 valence electrons. The molecule has 0 aliphatic rings. The number of nitrogens with two attached hydrogens (primary N) is 1. The van der Waals surface area contributed by atoms with E-state index in [1.54, 1.807) is 10.6 Å². The van der Waals surface area contributed by atoms with Crippen molar-refractivity contribution in [3.8, 4) is 0 Å². The average molecular weight is 290 g/mol. The molecule has 20 heavy (non-hydrogen) atoms. The number of carbonyl (C=O) groups excluding carboxylic acids is 1. The number of nitrogens with zero attached hydrogens (tertiary/aromatic N) is 1. The average Bonchev–Trinajstić information content (AvgIpc) is 2.37. The lowest BCUT2D eigenvalue weighted by Gasteiger charge is -2.13. The largest absolute Gasteiger partial charge is 0.365 e. The Labute approximate surface area is 122 Å². The van der Waals surface area contributed by atoms with Crippen LogP contribution in [0.1, 0.15) is 27.0 Å². The summed E-state index contributed by atoms with van der Waals surface area (Å²) in [4.78, 5) is 11.4. The summed E-state index contributed by atoms with van der Waals surface area (Å²) in [5.41, 5.74) is 8.63. The molecule has 0 saturated carbocycles. The van der Waals surface area contributed by atoms with E-state index in [9.17, 15) is 4.79 Å². The first kappa shape index (κ1) is 14.3. The number of hydrogen-bond acceptors (Lipinski definition) is 2. The molecule has 2 rings (SSSR count). The molecule has 1 amide bonds. The predicted molar refractivity (Wildman–Crippen MR) is 78.8 cm³/mol. The van der Waals surface area contributed by atoms with Crippen LogP contribution in [0.2, 0.25) is 5.02 Å². The molecule has 0 spiro atoms. The molecule has 4 nitrogen and oxygen atoms in total. The molecular formula is C15H16ClN3O. The van der Waals surface area contributed by atoms with Gasteiger partial charge in [-0.25, -0.2) is 0 Å². The summed E-state index contributed by atoms with van der Waals surface area (Å²) in [6.45, 7) is 4.33. The van der Waals surface area contributed by atoms with E-state index in [4.69, 9.17) is 22.7 Å². The Kier molecular flexibility index (Phi) is 3.95. The number of amides is 1. The van der Waals surface area contributed by atoms with Crippen LogP contribution in [0.4, 0.5) is 0 Å². The number of rotatable bonds is 3. The number of carbonyl (C=O) groups is 1. The first-order valence-corrected chi connectivity index (χ1v) is 6.57. The van der Waals surface area contributed by atoms with E-state index in [1.165, 1.54) is 0 Å². The van der Waals surface area contributed by atoms with Crippen LogP contribution in [0.3, 0.4) is 0 Å². The highest BCUT2D eigenvalue weighted by Crippen LogP contribution is 2.16. The second kappa shape index (κ2) is 5.51. The Hall–Kier alpha value is -2.07. The minimum atomic E-state index is -0.588. The number of hydrogen-bond donors (Lipinski definition) is 2. The lowest BCUT2D eigenvalue weighted by Crippen LogP contribution is -2.30. The lowest BCUT2D eigenvalue weighted by atomic mass is 10.1. The Morgan fingerprint density at radius 1 is 1.35 bits per heavy atom. The fourth-order valence-electron chi connectivity index (χ4n) is 2.10. The van der Waals surface area contributed by atoms with Crippen molar-refractivity contribution < 1.29 is 4.79 Å². The monoisotopic (exact) mass is 289 g/mol. The second-order valence-electron chi connectivity index (χ2n) is 4.84. The normalized spacial score (nSPS) is 10.6. The van der Waals surface area contributed by atoms with Crippen LogP contribution >= 0.6 is 11.6 Å². The number of primary amides is 1. The smallest absolute Gasteiger partial charge is 0.252 e. The van der Waals surface area contributed by atoms with Crippen molar-refractivity contribution in [1.82, 2.24) is 4.57 Å². The quantitative estimate of drug-likeness (QED) is 0.895. The molecule has 0 aliphatic heterocycles. The van der Waals surface area contributed by atoms with Crippen LogP contribution in [0.25, 0.3) is 0 Å². The van der Waals surface area contributed by atoms with E-state index < -0.39 is 5.91 Å². The highest BCUT2D eigenvalue weighted by molar-refractivity contribution is 6.30. The summed E-state index contributed by atoms with van der Waals surface area (Å²) < 4.78 is 1.70. The molecule has 0 aliphatic carbocycles. The molecule has 1 heterocycles. The van der Waals surface area contributed by atoms with Crippen LogP contribution in [-0.2, 0) is 6.54 Å². The first-order valence-electron chi connectivity index (χ1n) is 6.19. The SMILES string of the molecule is Cc1cc(C(N)=O)c(=N)n(Cc2cc(Cl)ccc2C)c1. The summed E-state index contributed by atoms with van der Waals surface area (Å²) in [5.74, 6) is -0.588.